The number of likely N-dealkylation sites (tertiary alicyclic amines) is 1. The van der Waals surface area contributed by atoms with Crippen molar-refractivity contribution in [2.45, 2.75) is 13.3 Å². The number of ether oxygens (including phenoxy) is 1. The van der Waals surface area contributed by atoms with Crippen LogP contribution in [0, 0.1) is 5.41 Å². The summed E-state index contributed by atoms with van der Waals surface area (Å²) in [6.45, 7) is 4.98. The molecule has 0 aliphatic carbocycles. The molecule has 1 aromatic rings. The van der Waals surface area contributed by atoms with Gasteiger partial charge in [-0.25, -0.2) is 4.98 Å². The number of aromatic nitrogens is 1. The van der Waals surface area contributed by atoms with Gasteiger partial charge in [-0.05, 0) is 32.1 Å². The normalized spacial score (nSPS) is 24.8. The van der Waals surface area contributed by atoms with Crippen LogP contribution >= 0.6 is 0 Å². The number of aldehydes is 1. The molecule has 1 fully saturated rings. The van der Waals surface area contributed by atoms with Crippen LogP contribution in [-0.4, -0.2) is 42.9 Å². The number of rotatable bonds is 4. The Morgan fingerprint density at radius 3 is 3.12 bits per heavy atom. The van der Waals surface area contributed by atoms with Gasteiger partial charge in [0.25, 0.3) is 0 Å². The van der Waals surface area contributed by atoms with E-state index in [1.54, 1.807) is 18.3 Å². The summed E-state index contributed by atoms with van der Waals surface area (Å²) in [4.78, 5) is 17.1. The number of carbonyl (C=O) groups excluding carboxylic acids is 1. The maximum absolute atomic E-state index is 10.8. The molecule has 1 aliphatic heterocycles. The SMILES string of the molecule is CN1CCC(C)(COc2cccnc2C=O)C1. The second-order valence-corrected chi connectivity index (χ2v) is 5.09. The molecule has 0 amide bonds. The van der Waals surface area contributed by atoms with E-state index in [9.17, 15) is 4.79 Å². The molecule has 2 rings (SSSR count). The Kier molecular flexibility index (Phi) is 3.43. The van der Waals surface area contributed by atoms with E-state index in [-0.39, 0.29) is 5.41 Å². The van der Waals surface area contributed by atoms with E-state index in [1.807, 2.05) is 0 Å². The van der Waals surface area contributed by atoms with Crippen LogP contribution in [-0.2, 0) is 0 Å². The zero-order chi connectivity index (χ0) is 12.3. The molecule has 4 nitrogen and oxygen atoms in total. The fourth-order valence-electron chi connectivity index (χ4n) is 2.25. The van der Waals surface area contributed by atoms with Crippen molar-refractivity contribution in [2.24, 2.45) is 5.41 Å². The highest BCUT2D eigenvalue weighted by atomic mass is 16.5. The molecule has 1 unspecified atom stereocenters. The topological polar surface area (TPSA) is 42.4 Å². The zero-order valence-corrected chi connectivity index (χ0v) is 10.3. The summed E-state index contributed by atoms with van der Waals surface area (Å²) in [5.41, 5.74) is 0.549. The average Bonchev–Trinajstić information content (AvgIpc) is 2.68. The third-order valence-electron chi connectivity index (χ3n) is 3.24. The first-order chi connectivity index (χ1) is 8.13. The molecular formula is C13H18N2O2. The molecule has 1 saturated heterocycles. The van der Waals surface area contributed by atoms with Gasteiger partial charge >= 0.3 is 0 Å². The van der Waals surface area contributed by atoms with Crippen LogP contribution in [0.2, 0.25) is 0 Å². The Morgan fingerprint density at radius 2 is 2.47 bits per heavy atom. The molecule has 1 aliphatic rings. The molecular weight excluding hydrogens is 216 g/mol. The van der Waals surface area contributed by atoms with Crippen molar-refractivity contribution in [3.8, 4) is 5.75 Å². The van der Waals surface area contributed by atoms with Gasteiger partial charge in [-0.2, -0.15) is 0 Å². The first-order valence-electron chi connectivity index (χ1n) is 5.84. The molecule has 0 saturated carbocycles. The largest absolute Gasteiger partial charge is 0.491 e. The predicted molar refractivity (Wildman–Crippen MR) is 65.3 cm³/mol. The van der Waals surface area contributed by atoms with Crippen molar-refractivity contribution >= 4 is 6.29 Å². The Bertz CT molecular complexity index is 408. The zero-order valence-electron chi connectivity index (χ0n) is 10.3. The van der Waals surface area contributed by atoms with Crippen molar-refractivity contribution in [1.82, 2.24) is 9.88 Å². The summed E-state index contributed by atoms with van der Waals surface area (Å²) in [5, 5.41) is 0. The molecule has 17 heavy (non-hydrogen) atoms. The lowest BCUT2D eigenvalue weighted by Gasteiger charge is -2.24. The first-order valence-corrected chi connectivity index (χ1v) is 5.84. The summed E-state index contributed by atoms with van der Waals surface area (Å²) in [6.07, 6.45) is 3.46. The van der Waals surface area contributed by atoms with E-state index in [0.717, 1.165) is 25.8 Å². The minimum atomic E-state index is 0.171. The van der Waals surface area contributed by atoms with Crippen LogP contribution in [0.1, 0.15) is 23.8 Å². The standard InChI is InChI=1S/C13H18N2O2/c1-13(5-7-15(2)9-13)10-17-12-4-3-6-14-11(12)8-16/h3-4,6,8H,5,7,9-10H2,1-2H3. The summed E-state index contributed by atoms with van der Waals surface area (Å²) in [7, 11) is 2.12. The third kappa shape index (κ3) is 2.82. The lowest BCUT2D eigenvalue weighted by Crippen LogP contribution is -2.28. The van der Waals surface area contributed by atoms with E-state index >= 15 is 0 Å². The summed E-state index contributed by atoms with van der Waals surface area (Å²) in [6, 6.07) is 3.57. The number of hydrogen-bond donors (Lipinski definition) is 0. The maximum Gasteiger partial charge on any atom is 0.172 e. The second-order valence-electron chi connectivity index (χ2n) is 5.09. The van der Waals surface area contributed by atoms with Crippen LogP contribution < -0.4 is 4.74 Å². The molecule has 0 N–H and O–H groups in total. The van der Waals surface area contributed by atoms with Crippen LogP contribution in [0.5, 0.6) is 5.75 Å². The van der Waals surface area contributed by atoms with Crippen LogP contribution in [0.15, 0.2) is 18.3 Å². The Labute approximate surface area is 102 Å². The molecule has 0 radical (unpaired) electrons. The molecule has 4 heteroatoms. The fourth-order valence-corrected chi connectivity index (χ4v) is 2.25. The van der Waals surface area contributed by atoms with Gasteiger partial charge in [0.05, 0.1) is 6.61 Å². The highest BCUT2D eigenvalue weighted by molar-refractivity contribution is 5.75. The van der Waals surface area contributed by atoms with Gasteiger partial charge in [-0.15, -0.1) is 0 Å². The van der Waals surface area contributed by atoms with Gasteiger partial charge in [-0.1, -0.05) is 6.92 Å². The van der Waals surface area contributed by atoms with Crippen LogP contribution in [0.3, 0.4) is 0 Å². The monoisotopic (exact) mass is 234 g/mol. The lowest BCUT2D eigenvalue weighted by atomic mass is 9.91. The molecule has 1 aromatic heterocycles. The van der Waals surface area contributed by atoms with Crippen LogP contribution in [0.4, 0.5) is 0 Å². The van der Waals surface area contributed by atoms with E-state index in [1.165, 1.54) is 0 Å². The van der Waals surface area contributed by atoms with E-state index in [4.69, 9.17) is 4.74 Å². The second kappa shape index (κ2) is 4.84. The average molecular weight is 234 g/mol. The Morgan fingerprint density at radius 1 is 1.65 bits per heavy atom. The van der Waals surface area contributed by atoms with E-state index in [2.05, 4.69) is 23.9 Å². The molecule has 0 spiro atoms. The summed E-state index contributed by atoms with van der Waals surface area (Å²) in [5.74, 6) is 0.582. The highest BCUT2D eigenvalue weighted by Gasteiger charge is 2.32. The summed E-state index contributed by atoms with van der Waals surface area (Å²) >= 11 is 0. The number of carbonyl (C=O) groups is 1. The van der Waals surface area contributed by atoms with Crippen molar-refractivity contribution in [3.63, 3.8) is 0 Å². The molecule has 1 atom stereocenters. The van der Waals surface area contributed by atoms with Crippen LogP contribution in [0.25, 0.3) is 0 Å². The molecule has 92 valence electrons. The van der Waals surface area contributed by atoms with Crippen molar-refractivity contribution in [3.05, 3.63) is 24.0 Å². The number of hydrogen-bond acceptors (Lipinski definition) is 4. The minimum Gasteiger partial charge on any atom is -0.491 e. The van der Waals surface area contributed by atoms with Gasteiger partial charge in [0, 0.05) is 18.2 Å². The Hall–Kier alpha value is -1.42. The smallest absolute Gasteiger partial charge is 0.172 e. The quantitative estimate of drug-likeness (QED) is 0.742. The van der Waals surface area contributed by atoms with Gasteiger partial charge in [-0.3, -0.25) is 4.79 Å². The van der Waals surface area contributed by atoms with Gasteiger partial charge in [0.1, 0.15) is 11.4 Å². The van der Waals surface area contributed by atoms with E-state index < -0.39 is 0 Å². The molecule has 0 aromatic carbocycles. The van der Waals surface area contributed by atoms with Crippen molar-refractivity contribution in [2.75, 3.05) is 26.7 Å². The maximum atomic E-state index is 10.8. The third-order valence-corrected chi connectivity index (χ3v) is 3.24. The van der Waals surface area contributed by atoms with E-state index in [0.29, 0.717) is 18.1 Å². The lowest BCUT2D eigenvalue weighted by molar-refractivity contribution is 0.110. The number of nitrogens with zero attached hydrogens (tertiary/aromatic N) is 2. The first kappa shape index (κ1) is 12.0. The van der Waals surface area contributed by atoms with Gasteiger partial charge in [0.2, 0.25) is 0 Å². The van der Waals surface area contributed by atoms with Gasteiger partial charge < -0.3 is 9.64 Å². The number of pyridine rings is 1. The summed E-state index contributed by atoms with van der Waals surface area (Å²) < 4.78 is 5.74. The minimum absolute atomic E-state index is 0.171. The highest BCUT2D eigenvalue weighted by Crippen LogP contribution is 2.30. The van der Waals surface area contributed by atoms with Crippen molar-refractivity contribution in [1.29, 1.82) is 0 Å². The Balaban J connectivity index is 2.00. The van der Waals surface area contributed by atoms with Crippen molar-refractivity contribution < 1.29 is 9.53 Å². The fraction of sp³-hybridized carbons (Fsp3) is 0.538. The predicted octanol–water partition coefficient (Wildman–Crippen LogP) is 1.61. The molecule has 2 heterocycles. The molecule has 0 bridgehead atoms. The van der Waals surface area contributed by atoms with Gasteiger partial charge in [0.15, 0.2) is 6.29 Å².